The number of nitrogens with one attached hydrogen (secondary N) is 2. The third-order valence-electron chi connectivity index (χ3n) is 4.83. The molecule has 0 atom stereocenters. The fourth-order valence-electron chi connectivity index (χ4n) is 3.41. The van der Waals surface area contributed by atoms with Crippen molar-refractivity contribution in [2.24, 2.45) is 0 Å². The number of anilines is 2. The van der Waals surface area contributed by atoms with Crippen LogP contribution in [-0.4, -0.2) is 46.2 Å². The van der Waals surface area contributed by atoms with Crippen molar-refractivity contribution in [1.29, 1.82) is 0 Å². The van der Waals surface area contributed by atoms with Gasteiger partial charge in [-0.25, -0.2) is 9.97 Å². The van der Waals surface area contributed by atoms with Crippen molar-refractivity contribution in [2.45, 2.75) is 6.54 Å². The van der Waals surface area contributed by atoms with Gasteiger partial charge in [-0.05, 0) is 12.1 Å². The third kappa shape index (κ3) is 3.64. The van der Waals surface area contributed by atoms with Gasteiger partial charge in [0.1, 0.15) is 0 Å². The summed E-state index contributed by atoms with van der Waals surface area (Å²) in [7, 11) is 0. The molecule has 0 radical (unpaired) electrons. The lowest BCUT2D eigenvalue weighted by Crippen LogP contribution is -2.35. The molecule has 6 nitrogen and oxygen atoms in total. The van der Waals surface area contributed by atoms with E-state index in [1.165, 1.54) is 4.88 Å². The molecule has 7 heteroatoms. The number of para-hydroxylation sites is 2. The van der Waals surface area contributed by atoms with E-state index in [9.17, 15) is 0 Å². The second-order valence-corrected chi connectivity index (χ2v) is 7.86. The molecule has 0 unspecified atom stereocenters. The standard InChI is InChI=1S/C21H21N5OS/c1-2-6-15(7-3-1)19-18(14-26-10-12-27-13-11-26)28-21(24-19)25-20-22-16-8-4-5-9-17(16)23-20/h1-9H,10-14H2,(H2,22,23,24,25). The molecule has 0 aliphatic carbocycles. The molecule has 0 bridgehead atoms. The van der Waals surface area contributed by atoms with E-state index >= 15 is 0 Å². The van der Waals surface area contributed by atoms with Crippen molar-refractivity contribution < 1.29 is 4.74 Å². The minimum Gasteiger partial charge on any atom is -0.379 e. The third-order valence-corrected chi connectivity index (χ3v) is 5.79. The molecular formula is C21H21N5OS. The summed E-state index contributed by atoms with van der Waals surface area (Å²) < 4.78 is 5.49. The summed E-state index contributed by atoms with van der Waals surface area (Å²) in [6, 6.07) is 18.4. The number of thiazole rings is 1. The molecule has 1 saturated heterocycles. The Morgan fingerprint density at radius 2 is 1.79 bits per heavy atom. The molecule has 1 fully saturated rings. The Kier molecular flexibility index (Phi) is 4.78. The van der Waals surface area contributed by atoms with Gasteiger partial charge in [0, 0.05) is 30.1 Å². The molecule has 3 heterocycles. The summed E-state index contributed by atoms with van der Waals surface area (Å²) >= 11 is 1.69. The number of rotatable bonds is 5. The Labute approximate surface area is 167 Å². The first-order chi connectivity index (χ1) is 13.8. The van der Waals surface area contributed by atoms with E-state index in [0.29, 0.717) is 5.95 Å². The monoisotopic (exact) mass is 391 g/mol. The molecule has 2 N–H and O–H groups in total. The van der Waals surface area contributed by atoms with Crippen LogP contribution in [0.2, 0.25) is 0 Å². The zero-order valence-corrected chi connectivity index (χ0v) is 16.2. The summed E-state index contributed by atoms with van der Waals surface area (Å²) in [6.07, 6.45) is 0. The van der Waals surface area contributed by atoms with Crippen LogP contribution in [0, 0.1) is 0 Å². The van der Waals surface area contributed by atoms with Crippen LogP contribution in [0.1, 0.15) is 4.88 Å². The Morgan fingerprint density at radius 1 is 1.00 bits per heavy atom. The fraction of sp³-hybridized carbons (Fsp3) is 0.238. The Hall–Kier alpha value is -2.74. The Balaban J connectivity index is 1.46. The zero-order valence-electron chi connectivity index (χ0n) is 15.4. The maximum Gasteiger partial charge on any atom is 0.207 e. The largest absolute Gasteiger partial charge is 0.379 e. The summed E-state index contributed by atoms with van der Waals surface area (Å²) in [6.45, 7) is 4.39. The number of benzene rings is 2. The van der Waals surface area contributed by atoms with Gasteiger partial charge in [-0.1, -0.05) is 53.8 Å². The average molecular weight is 392 g/mol. The van der Waals surface area contributed by atoms with E-state index in [0.717, 1.165) is 60.3 Å². The predicted octanol–water partition coefficient (Wildman–Crippen LogP) is 4.26. The lowest BCUT2D eigenvalue weighted by atomic mass is 10.1. The van der Waals surface area contributed by atoms with Crippen molar-refractivity contribution >= 4 is 33.5 Å². The van der Waals surface area contributed by atoms with Crippen LogP contribution in [0.25, 0.3) is 22.3 Å². The lowest BCUT2D eigenvalue weighted by Gasteiger charge is -2.26. The topological polar surface area (TPSA) is 66.1 Å². The normalized spacial score (nSPS) is 15.1. The molecule has 1 aliphatic heterocycles. The number of hydrogen-bond donors (Lipinski definition) is 2. The number of aromatic amines is 1. The highest BCUT2D eigenvalue weighted by atomic mass is 32.1. The number of fused-ring (bicyclic) bond motifs is 1. The number of morpholine rings is 1. The number of imidazole rings is 1. The molecule has 2 aromatic heterocycles. The first kappa shape index (κ1) is 17.4. The first-order valence-corrected chi connectivity index (χ1v) is 10.2. The highest BCUT2D eigenvalue weighted by molar-refractivity contribution is 7.16. The van der Waals surface area contributed by atoms with Crippen LogP contribution in [0.4, 0.5) is 11.1 Å². The Morgan fingerprint density at radius 3 is 2.61 bits per heavy atom. The summed E-state index contributed by atoms with van der Waals surface area (Å²) in [5.74, 6) is 0.715. The molecule has 5 rings (SSSR count). The van der Waals surface area contributed by atoms with E-state index < -0.39 is 0 Å². The van der Waals surface area contributed by atoms with Gasteiger partial charge in [-0.3, -0.25) is 4.90 Å². The van der Waals surface area contributed by atoms with Gasteiger partial charge in [-0.2, -0.15) is 0 Å². The molecule has 1 aliphatic rings. The molecule has 0 amide bonds. The quantitative estimate of drug-likeness (QED) is 0.532. The lowest BCUT2D eigenvalue weighted by molar-refractivity contribution is 0.0347. The molecular weight excluding hydrogens is 370 g/mol. The predicted molar refractivity (Wildman–Crippen MR) is 113 cm³/mol. The van der Waals surface area contributed by atoms with Crippen molar-refractivity contribution in [2.75, 3.05) is 31.6 Å². The van der Waals surface area contributed by atoms with Crippen LogP contribution < -0.4 is 5.32 Å². The Bertz CT molecular complexity index is 1040. The highest BCUT2D eigenvalue weighted by Crippen LogP contribution is 2.33. The molecule has 28 heavy (non-hydrogen) atoms. The van der Waals surface area contributed by atoms with Crippen molar-refractivity contribution in [3.8, 4) is 11.3 Å². The van der Waals surface area contributed by atoms with Gasteiger partial charge < -0.3 is 15.0 Å². The molecule has 142 valence electrons. The van der Waals surface area contributed by atoms with Crippen molar-refractivity contribution in [3.63, 3.8) is 0 Å². The van der Waals surface area contributed by atoms with Gasteiger partial charge in [-0.15, -0.1) is 0 Å². The number of H-pyrrole nitrogens is 1. The number of hydrogen-bond acceptors (Lipinski definition) is 6. The van der Waals surface area contributed by atoms with Crippen LogP contribution in [0.5, 0.6) is 0 Å². The fourth-order valence-corrected chi connectivity index (χ4v) is 4.43. The van der Waals surface area contributed by atoms with Gasteiger partial charge >= 0.3 is 0 Å². The van der Waals surface area contributed by atoms with E-state index in [2.05, 4.69) is 44.5 Å². The molecule has 0 spiro atoms. The second-order valence-electron chi connectivity index (χ2n) is 6.77. The van der Waals surface area contributed by atoms with E-state index in [1.807, 2.05) is 30.3 Å². The average Bonchev–Trinajstić information content (AvgIpc) is 3.33. The van der Waals surface area contributed by atoms with E-state index in [1.54, 1.807) is 11.3 Å². The number of ether oxygens (including phenoxy) is 1. The van der Waals surface area contributed by atoms with Crippen molar-refractivity contribution in [1.82, 2.24) is 19.9 Å². The second kappa shape index (κ2) is 7.71. The van der Waals surface area contributed by atoms with Crippen molar-refractivity contribution in [3.05, 3.63) is 59.5 Å². The summed E-state index contributed by atoms with van der Waals surface area (Å²) in [5, 5.41) is 4.21. The first-order valence-electron chi connectivity index (χ1n) is 9.42. The number of nitrogens with zero attached hydrogens (tertiary/aromatic N) is 3. The van der Waals surface area contributed by atoms with E-state index in [4.69, 9.17) is 9.72 Å². The molecule has 4 aromatic rings. The van der Waals surface area contributed by atoms with Gasteiger partial charge in [0.15, 0.2) is 5.13 Å². The minimum absolute atomic E-state index is 0.715. The van der Waals surface area contributed by atoms with Crippen LogP contribution >= 0.6 is 11.3 Å². The molecule has 2 aromatic carbocycles. The maximum absolute atomic E-state index is 5.49. The van der Waals surface area contributed by atoms with Gasteiger partial charge in [0.25, 0.3) is 0 Å². The zero-order chi connectivity index (χ0) is 18.8. The van der Waals surface area contributed by atoms with Crippen LogP contribution in [0.15, 0.2) is 54.6 Å². The van der Waals surface area contributed by atoms with E-state index in [-0.39, 0.29) is 0 Å². The smallest absolute Gasteiger partial charge is 0.207 e. The summed E-state index contributed by atoms with van der Waals surface area (Å²) in [4.78, 5) is 16.5. The van der Waals surface area contributed by atoms with Gasteiger partial charge in [0.2, 0.25) is 5.95 Å². The van der Waals surface area contributed by atoms with Gasteiger partial charge in [0.05, 0.1) is 29.9 Å². The minimum atomic E-state index is 0.715. The highest BCUT2D eigenvalue weighted by Gasteiger charge is 2.18. The summed E-state index contributed by atoms with van der Waals surface area (Å²) in [5.41, 5.74) is 4.13. The molecule has 0 saturated carbocycles. The number of aromatic nitrogens is 3. The SMILES string of the molecule is c1ccc(-c2nc(Nc3nc4ccccc4[nH]3)sc2CN2CCOCC2)cc1. The van der Waals surface area contributed by atoms with Crippen LogP contribution in [-0.2, 0) is 11.3 Å². The maximum atomic E-state index is 5.49. The van der Waals surface area contributed by atoms with Crippen LogP contribution in [0.3, 0.4) is 0 Å².